The number of halogens is 1. The topological polar surface area (TPSA) is 75.6 Å². The van der Waals surface area contributed by atoms with E-state index in [1.54, 1.807) is 23.1 Å². The van der Waals surface area contributed by atoms with Crippen molar-refractivity contribution in [2.24, 2.45) is 0 Å². The maximum absolute atomic E-state index is 12.7. The Morgan fingerprint density at radius 2 is 1.81 bits per heavy atom. The van der Waals surface area contributed by atoms with E-state index in [1.165, 1.54) is 0 Å². The molecular formula is C19H19ClN4O3. The van der Waals surface area contributed by atoms with Crippen LogP contribution in [0, 0.1) is 6.92 Å². The minimum absolute atomic E-state index is 0.117. The number of benzene rings is 1. The summed E-state index contributed by atoms with van der Waals surface area (Å²) in [5, 5.41) is 8.49. The number of nitrogens with zero attached hydrogens (tertiary/aromatic N) is 4. The van der Waals surface area contributed by atoms with Gasteiger partial charge in [-0.25, -0.2) is 0 Å². The van der Waals surface area contributed by atoms with Crippen LogP contribution in [0.15, 0.2) is 45.4 Å². The number of carbonyl (C=O) groups excluding carboxylic acids is 1. The van der Waals surface area contributed by atoms with E-state index in [4.69, 9.17) is 20.6 Å². The molecule has 0 spiro atoms. The number of piperazine rings is 1. The molecular weight excluding hydrogens is 368 g/mol. The maximum atomic E-state index is 12.7. The van der Waals surface area contributed by atoms with Crippen LogP contribution in [0.5, 0.6) is 0 Å². The van der Waals surface area contributed by atoms with E-state index in [1.807, 2.05) is 25.1 Å². The van der Waals surface area contributed by atoms with Crippen molar-refractivity contribution in [3.8, 4) is 11.3 Å². The van der Waals surface area contributed by atoms with Gasteiger partial charge in [0.1, 0.15) is 0 Å². The highest BCUT2D eigenvalue weighted by molar-refractivity contribution is 6.30. The predicted molar refractivity (Wildman–Crippen MR) is 99.4 cm³/mol. The maximum Gasteiger partial charge on any atom is 0.276 e. The first kappa shape index (κ1) is 17.8. The molecule has 0 radical (unpaired) electrons. The summed E-state index contributed by atoms with van der Waals surface area (Å²) in [6.07, 6.45) is 0. The molecule has 3 heterocycles. The fourth-order valence-electron chi connectivity index (χ4n) is 3.11. The Kier molecular flexibility index (Phi) is 4.96. The third kappa shape index (κ3) is 4.04. The van der Waals surface area contributed by atoms with Crippen LogP contribution in [-0.2, 0) is 6.54 Å². The first-order chi connectivity index (χ1) is 13.1. The van der Waals surface area contributed by atoms with Gasteiger partial charge in [0.2, 0.25) is 0 Å². The summed E-state index contributed by atoms with van der Waals surface area (Å²) in [4.78, 5) is 16.7. The number of hydrogen-bond acceptors (Lipinski definition) is 6. The molecule has 0 saturated carbocycles. The lowest BCUT2D eigenvalue weighted by Crippen LogP contribution is -2.48. The molecule has 1 aliphatic heterocycles. The largest absolute Gasteiger partial charge is 0.360 e. The Hall–Kier alpha value is -2.64. The fourth-order valence-corrected chi connectivity index (χ4v) is 3.23. The Morgan fingerprint density at radius 1 is 1.07 bits per heavy atom. The highest BCUT2D eigenvalue weighted by Gasteiger charge is 2.25. The van der Waals surface area contributed by atoms with Crippen LogP contribution >= 0.6 is 11.6 Å². The SMILES string of the molecule is Cc1cc(CN2CCN(C(=O)c3cc(-c4ccc(Cl)cc4)on3)CC2)on1. The van der Waals surface area contributed by atoms with Crippen LogP contribution in [0.1, 0.15) is 21.9 Å². The molecule has 0 bridgehead atoms. The zero-order valence-electron chi connectivity index (χ0n) is 14.9. The Labute approximate surface area is 161 Å². The lowest BCUT2D eigenvalue weighted by molar-refractivity contribution is 0.0607. The summed E-state index contributed by atoms with van der Waals surface area (Å²) in [6, 6.07) is 10.8. The van der Waals surface area contributed by atoms with Gasteiger partial charge in [-0.15, -0.1) is 0 Å². The summed E-state index contributed by atoms with van der Waals surface area (Å²) < 4.78 is 10.6. The van der Waals surface area contributed by atoms with Crippen molar-refractivity contribution in [1.82, 2.24) is 20.1 Å². The molecule has 1 aliphatic rings. The van der Waals surface area contributed by atoms with E-state index < -0.39 is 0 Å². The zero-order chi connectivity index (χ0) is 18.8. The molecule has 1 amide bonds. The third-order valence-corrected chi connectivity index (χ3v) is 4.83. The Bertz CT molecular complexity index is 927. The number of amides is 1. The average Bonchev–Trinajstić information content (AvgIpc) is 3.32. The monoisotopic (exact) mass is 386 g/mol. The molecule has 0 unspecified atom stereocenters. The molecule has 3 aromatic rings. The molecule has 7 nitrogen and oxygen atoms in total. The van der Waals surface area contributed by atoms with E-state index >= 15 is 0 Å². The second-order valence-corrected chi connectivity index (χ2v) is 7.02. The van der Waals surface area contributed by atoms with Crippen LogP contribution in [0.25, 0.3) is 11.3 Å². The summed E-state index contributed by atoms with van der Waals surface area (Å²) >= 11 is 5.90. The van der Waals surface area contributed by atoms with Crippen LogP contribution < -0.4 is 0 Å². The van der Waals surface area contributed by atoms with Crippen molar-refractivity contribution in [2.75, 3.05) is 26.2 Å². The minimum Gasteiger partial charge on any atom is -0.360 e. The van der Waals surface area contributed by atoms with Gasteiger partial charge >= 0.3 is 0 Å². The highest BCUT2D eigenvalue weighted by Crippen LogP contribution is 2.23. The number of hydrogen-bond donors (Lipinski definition) is 0. The number of rotatable bonds is 4. The standard InChI is InChI=1S/C19H19ClN4O3/c1-13-10-16(26-21-13)12-23-6-8-24(9-7-23)19(25)17-11-18(27-22-17)14-2-4-15(20)5-3-14/h2-5,10-11H,6-9,12H2,1H3. The number of aromatic nitrogens is 2. The van der Waals surface area contributed by atoms with E-state index in [2.05, 4.69) is 15.2 Å². The first-order valence-electron chi connectivity index (χ1n) is 8.75. The van der Waals surface area contributed by atoms with Gasteiger partial charge in [0.05, 0.1) is 12.2 Å². The van der Waals surface area contributed by atoms with Crippen LogP contribution in [0.2, 0.25) is 5.02 Å². The molecule has 8 heteroatoms. The van der Waals surface area contributed by atoms with Gasteiger partial charge in [0.15, 0.2) is 17.2 Å². The summed E-state index contributed by atoms with van der Waals surface area (Å²) in [7, 11) is 0. The van der Waals surface area contributed by atoms with Gasteiger partial charge < -0.3 is 13.9 Å². The van der Waals surface area contributed by atoms with Crippen molar-refractivity contribution in [3.05, 3.63) is 58.6 Å². The van der Waals surface area contributed by atoms with Crippen LogP contribution in [0.3, 0.4) is 0 Å². The molecule has 1 fully saturated rings. The summed E-state index contributed by atoms with van der Waals surface area (Å²) in [5.41, 5.74) is 2.03. The van der Waals surface area contributed by atoms with Crippen LogP contribution in [-0.4, -0.2) is 52.2 Å². The normalized spacial score (nSPS) is 15.3. The van der Waals surface area contributed by atoms with E-state index in [0.717, 1.165) is 30.1 Å². The molecule has 4 rings (SSSR count). The highest BCUT2D eigenvalue weighted by atomic mass is 35.5. The number of aryl methyl sites for hydroxylation is 1. The van der Waals surface area contributed by atoms with Crippen molar-refractivity contribution in [1.29, 1.82) is 0 Å². The molecule has 27 heavy (non-hydrogen) atoms. The quantitative estimate of drug-likeness (QED) is 0.685. The molecule has 1 aromatic carbocycles. The van der Waals surface area contributed by atoms with Gasteiger partial charge in [-0.05, 0) is 31.2 Å². The summed E-state index contributed by atoms with van der Waals surface area (Å²) in [6.45, 7) is 5.41. The van der Waals surface area contributed by atoms with Crippen molar-refractivity contribution in [2.45, 2.75) is 13.5 Å². The van der Waals surface area contributed by atoms with E-state index in [0.29, 0.717) is 36.1 Å². The minimum atomic E-state index is -0.117. The van der Waals surface area contributed by atoms with Gasteiger partial charge in [0.25, 0.3) is 5.91 Å². The molecule has 0 N–H and O–H groups in total. The third-order valence-electron chi connectivity index (χ3n) is 4.57. The average molecular weight is 387 g/mol. The first-order valence-corrected chi connectivity index (χ1v) is 9.13. The van der Waals surface area contributed by atoms with Gasteiger partial charge in [-0.2, -0.15) is 0 Å². The smallest absolute Gasteiger partial charge is 0.276 e. The Balaban J connectivity index is 1.36. The van der Waals surface area contributed by atoms with Gasteiger partial charge in [-0.3, -0.25) is 9.69 Å². The second-order valence-electron chi connectivity index (χ2n) is 6.59. The number of carbonyl (C=O) groups is 1. The molecule has 140 valence electrons. The molecule has 0 atom stereocenters. The summed E-state index contributed by atoms with van der Waals surface area (Å²) in [5.74, 6) is 1.28. The molecule has 2 aromatic heterocycles. The lowest BCUT2D eigenvalue weighted by Gasteiger charge is -2.33. The Morgan fingerprint density at radius 3 is 2.48 bits per heavy atom. The van der Waals surface area contributed by atoms with Crippen LogP contribution in [0.4, 0.5) is 0 Å². The van der Waals surface area contributed by atoms with Gasteiger partial charge in [0, 0.05) is 48.9 Å². The molecule has 1 saturated heterocycles. The second kappa shape index (κ2) is 7.54. The van der Waals surface area contributed by atoms with E-state index in [-0.39, 0.29) is 5.91 Å². The van der Waals surface area contributed by atoms with Crippen molar-refractivity contribution >= 4 is 17.5 Å². The van der Waals surface area contributed by atoms with E-state index in [9.17, 15) is 4.79 Å². The predicted octanol–water partition coefficient (Wildman–Crippen LogP) is 3.25. The van der Waals surface area contributed by atoms with Crippen molar-refractivity contribution in [3.63, 3.8) is 0 Å². The zero-order valence-corrected chi connectivity index (χ0v) is 15.6. The van der Waals surface area contributed by atoms with Gasteiger partial charge in [-0.1, -0.05) is 21.9 Å². The molecule has 0 aliphatic carbocycles. The van der Waals surface area contributed by atoms with Crippen molar-refractivity contribution < 1.29 is 13.8 Å². The fraction of sp³-hybridized carbons (Fsp3) is 0.316. The lowest BCUT2D eigenvalue weighted by atomic mass is 10.1.